The summed E-state index contributed by atoms with van der Waals surface area (Å²) in [5.41, 5.74) is 4.96. The molecule has 45 heavy (non-hydrogen) atoms. The van der Waals surface area contributed by atoms with Gasteiger partial charge in [0.25, 0.3) is 0 Å². The highest BCUT2D eigenvalue weighted by Crippen LogP contribution is 2.34. The van der Waals surface area contributed by atoms with Crippen LogP contribution in [0.1, 0.15) is 81.3 Å². The molecule has 5 aromatic rings. The summed E-state index contributed by atoms with van der Waals surface area (Å²) in [6, 6.07) is 19.7. The molecule has 0 bridgehead atoms. The number of unbranched alkanes of at least 4 members (excludes halogenated alkanes) is 1. The van der Waals surface area contributed by atoms with E-state index in [1.807, 2.05) is 36.6 Å². The fourth-order valence-corrected chi connectivity index (χ4v) is 5.25. The van der Waals surface area contributed by atoms with E-state index in [9.17, 15) is 9.90 Å². The number of aliphatic hydroxyl groups excluding tert-OH is 1. The number of carbonyl (C=O) groups excluding carboxylic acids is 1. The third kappa shape index (κ3) is 6.93. The predicted octanol–water partition coefficient (Wildman–Crippen LogP) is 5.03. The van der Waals surface area contributed by atoms with E-state index in [1.54, 1.807) is 17.7 Å². The van der Waals surface area contributed by atoms with Crippen molar-refractivity contribution in [2.45, 2.75) is 65.8 Å². The summed E-state index contributed by atoms with van der Waals surface area (Å²) in [6.07, 6.45) is 2.10. The van der Waals surface area contributed by atoms with Crippen LogP contribution in [0.4, 0.5) is 0 Å². The third-order valence-corrected chi connectivity index (χ3v) is 7.40. The second kappa shape index (κ2) is 14.7. The summed E-state index contributed by atoms with van der Waals surface area (Å²) in [6.45, 7) is 8.00. The highest BCUT2D eigenvalue weighted by Gasteiger charge is 2.30. The second-order valence-electron chi connectivity index (χ2n) is 10.4. The van der Waals surface area contributed by atoms with Gasteiger partial charge >= 0.3 is 5.97 Å². The van der Waals surface area contributed by atoms with Gasteiger partial charge in [-0.3, -0.25) is 4.57 Å². The van der Waals surface area contributed by atoms with Gasteiger partial charge in [-0.2, -0.15) is 4.68 Å². The maximum absolute atomic E-state index is 12.0. The molecule has 0 spiro atoms. The van der Waals surface area contributed by atoms with Crippen molar-refractivity contribution in [1.29, 1.82) is 0 Å². The Balaban J connectivity index is 1.73. The van der Waals surface area contributed by atoms with Crippen molar-refractivity contribution in [2.24, 2.45) is 0 Å². The Bertz CT molecular complexity index is 1800. The molecule has 0 aliphatic carbocycles. The zero-order valence-corrected chi connectivity index (χ0v) is 26.0. The molecule has 0 saturated carbocycles. The van der Waals surface area contributed by atoms with Gasteiger partial charge in [-0.25, -0.2) is 14.8 Å². The SMILES string of the molecule is CCCCc1nc2cc(C#CC(=O)OCC)c(CO)nc2n1C(c1ccc(-c2ccccc2)cc1)c1nnnn1C(C)OCC. The number of aromatic nitrogens is 7. The highest BCUT2D eigenvalue weighted by atomic mass is 16.5. The topological polar surface area (TPSA) is 130 Å². The quantitative estimate of drug-likeness (QED) is 0.153. The Hall–Kier alpha value is -4.92. The van der Waals surface area contributed by atoms with Gasteiger partial charge in [-0.1, -0.05) is 73.9 Å². The Morgan fingerprint density at radius 2 is 1.76 bits per heavy atom. The molecular formula is C34H37N7O4. The third-order valence-electron chi connectivity index (χ3n) is 7.40. The number of rotatable bonds is 12. The number of pyridine rings is 1. The number of tetrazole rings is 1. The molecule has 3 heterocycles. The van der Waals surface area contributed by atoms with Crippen LogP contribution in [-0.2, 0) is 27.3 Å². The summed E-state index contributed by atoms with van der Waals surface area (Å²) in [5, 5.41) is 23.2. The lowest BCUT2D eigenvalue weighted by atomic mass is 9.99. The van der Waals surface area contributed by atoms with Crippen molar-refractivity contribution in [3.63, 3.8) is 0 Å². The van der Waals surface area contributed by atoms with E-state index in [2.05, 4.69) is 70.7 Å². The van der Waals surface area contributed by atoms with E-state index in [1.165, 1.54) is 0 Å². The molecule has 232 valence electrons. The summed E-state index contributed by atoms with van der Waals surface area (Å²) < 4.78 is 14.6. The minimum Gasteiger partial charge on any atom is -0.456 e. The number of imidazole rings is 1. The van der Waals surface area contributed by atoms with E-state index in [0.29, 0.717) is 41.3 Å². The molecule has 1 N–H and O–H groups in total. The second-order valence-corrected chi connectivity index (χ2v) is 10.4. The molecule has 3 aromatic heterocycles. The van der Waals surface area contributed by atoms with E-state index >= 15 is 0 Å². The number of aliphatic hydroxyl groups is 1. The molecule has 2 atom stereocenters. The van der Waals surface area contributed by atoms with Crippen LogP contribution in [0.2, 0.25) is 0 Å². The van der Waals surface area contributed by atoms with Crippen LogP contribution in [0.15, 0.2) is 60.7 Å². The first kappa shape index (κ1) is 31.5. The van der Waals surface area contributed by atoms with Crippen LogP contribution >= 0.6 is 0 Å². The molecule has 11 nitrogen and oxygen atoms in total. The standard InChI is InChI=1S/C34H37N7O4/c1-5-8-14-30-35-28-21-27(19-20-31(43)45-7-3)29(22-42)36-33(28)40(30)32(34-37-38-39-41(34)23(4)44-6-2)26-17-15-25(16-18-26)24-12-10-9-11-13-24/h9-13,15-18,21,23,32,42H,5-8,14,22H2,1-4H3. The van der Waals surface area contributed by atoms with Gasteiger partial charge < -0.3 is 14.6 Å². The maximum Gasteiger partial charge on any atom is 0.384 e. The molecule has 11 heteroatoms. The van der Waals surface area contributed by atoms with Gasteiger partial charge in [-0.05, 0) is 60.4 Å². The Morgan fingerprint density at radius 3 is 2.44 bits per heavy atom. The van der Waals surface area contributed by atoms with Crippen molar-refractivity contribution in [3.05, 3.63) is 89.1 Å². The van der Waals surface area contributed by atoms with E-state index in [-0.39, 0.29) is 13.2 Å². The number of hydrogen-bond donors (Lipinski definition) is 1. The van der Waals surface area contributed by atoms with Crippen LogP contribution in [0.5, 0.6) is 0 Å². The molecule has 0 amide bonds. The average molecular weight is 608 g/mol. The van der Waals surface area contributed by atoms with Gasteiger partial charge in [0.1, 0.15) is 17.4 Å². The summed E-state index contributed by atoms with van der Waals surface area (Å²) in [7, 11) is 0. The zero-order chi connectivity index (χ0) is 31.8. The first-order valence-corrected chi connectivity index (χ1v) is 15.2. The molecule has 0 radical (unpaired) electrons. The molecule has 5 rings (SSSR count). The number of fused-ring (bicyclic) bond motifs is 1. The fraction of sp³-hybridized carbons (Fsp3) is 0.353. The van der Waals surface area contributed by atoms with Crippen LogP contribution in [0.3, 0.4) is 0 Å². The van der Waals surface area contributed by atoms with E-state index in [4.69, 9.17) is 19.4 Å². The maximum atomic E-state index is 12.0. The van der Waals surface area contributed by atoms with Crippen LogP contribution in [-0.4, -0.2) is 59.0 Å². The predicted molar refractivity (Wildman–Crippen MR) is 169 cm³/mol. The van der Waals surface area contributed by atoms with Gasteiger partial charge in [0.15, 0.2) is 17.7 Å². The molecular weight excluding hydrogens is 570 g/mol. The minimum atomic E-state index is -0.648. The zero-order valence-electron chi connectivity index (χ0n) is 26.0. The summed E-state index contributed by atoms with van der Waals surface area (Å²) in [5.74, 6) is 5.98. The Kier molecular flexibility index (Phi) is 10.3. The lowest BCUT2D eigenvalue weighted by Gasteiger charge is -2.23. The average Bonchev–Trinajstić information content (AvgIpc) is 3.68. The number of benzene rings is 2. The molecule has 0 aliphatic heterocycles. The first-order valence-electron chi connectivity index (χ1n) is 15.2. The number of esters is 1. The van der Waals surface area contributed by atoms with Crippen LogP contribution < -0.4 is 0 Å². The Morgan fingerprint density at radius 1 is 1.00 bits per heavy atom. The van der Waals surface area contributed by atoms with Gasteiger partial charge in [-0.15, -0.1) is 5.10 Å². The minimum absolute atomic E-state index is 0.220. The van der Waals surface area contributed by atoms with Crippen molar-refractivity contribution in [2.75, 3.05) is 13.2 Å². The van der Waals surface area contributed by atoms with Crippen molar-refractivity contribution in [3.8, 4) is 23.0 Å². The molecule has 0 aliphatic rings. The van der Waals surface area contributed by atoms with Gasteiger partial charge in [0.05, 0.1) is 24.5 Å². The lowest BCUT2D eigenvalue weighted by molar-refractivity contribution is -0.136. The number of ether oxygens (including phenoxy) is 2. The molecule has 0 saturated heterocycles. The fourth-order valence-electron chi connectivity index (χ4n) is 5.25. The number of aryl methyl sites for hydroxylation is 1. The van der Waals surface area contributed by atoms with E-state index < -0.39 is 18.2 Å². The van der Waals surface area contributed by atoms with Gasteiger partial charge in [0, 0.05) is 18.9 Å². The number of hydrogen-bond acceptors (Lipinski definition) is 9. The van der Waals surface area contributed by atoms with Crippen LogP contribution in [0, 0.1) is 11.8 Å². The van der Waals surface area contributed by atoms with Crippen molar-refractivity contribution < 1.29 is 19.4 Å². The highest BCUT2D eigenvalue weighted by molar-refractivity contribution is 5.89. The smallest absolute Gasteiger partial charge is 0.384 e. The Labute approximate surface area is 262 Å². The number of nitrogens with zero attached hydrogens (tertiary/aromatic N) is 7. The van der Waals surface area contributed by atoms with Crippen molar-refractivity contribution >= 4 is 17.1 Å². The monoisotopic (exact) mass is 607 g/mol. The molecule has 2 aromatic carbocycles. The largest absolute Gasteiger partial charge is 0.456 e. The lowest BCUT2D eigenvalue weighted by Crippen LogP contribution is -2.23. The van der Waals surface area contributed by atoms with Crippen LogP contribution in [0.25, 0.3) is 22.3 Å². The molecule has 0 fully saturated rings. The molecule has 2 unspecified atom stereocenters. The summed E-state index contributed by atoms with van der Waals surface area (Å²) >= 11 is 0. The normalized spacial score (nSPS) is 12.5. The van der Waals surface area contributed by atoms with E-state index in [0.717, 1.165) is 35.4 Å². The van der Waals surface area contributed by atoms with Crippen molar-refractivity contribution in [1.82, 2.24) is 34.7 Å². The number of carbonyl (C=O) groups is 1. The summed E-state index contributed by atoms with van der Waals surface area (Å²) in [4.78, 5) is 21.8. The first-order chi connectivity index (χ1) is 22.0. The van der Waals surface area contributed by atoms with Gasteiger partial charge in [0.2, 0.25) is 0 Å².